The minimum absolute atomic E-state index is 0.243. The van der Waals surface area contributed by atoms with Gasteiger partial charge in [0.15, 0.2) is 9.84 Å². The first-order chi connectivity index (χ1) is 8.58. The van der Waals surface area contributed by atoms with E-state index in [1.54, 1.807) is 18.3 Å². The molecule has 0 radical (unpaired) electrons. The van der Waals surface area contributed by atoms with Gasteiger partial charge in [-0.15, -0.1) is 0 Å². The Kier molecular flexibility index (Phi) is 2.41. The van der Waals surface area contributed by atoms with Crippen molar-refractivity contribution in [1.82, 2.24) is 10.2 Å². The van der Waals surface area contributed by atoms with Crippen molar-refractivity contribution in [3.05, 3.63) is 30.0 Å². The van der Waals surface area contributed by atoms with Crippen molar-refractivity contribution in [3.63, 3.8) is 0 Å². The number of nitrogens with one attached hydrogen (secondary N) is 1. The van der Waals surface area contributed by atoms with Gasteiger partial charge in [-0.3, -0.25) is 5.10 Å². The quantitative estimate of drug-likeness (QED) is 0.813. The fourth-order valence-corrected chi connectivity index (χ4v) is 3.91. The average molecular weight is 263 g/mol. The predicted molar refractivity (Wildman–Crippen MR) is 68.8 cm³/mol. The number of hydrogen-bond donors (Lipinski definition) is 2. The second-order valence-corrected chi connectivity index (χ2v) is 6.52. The van der Waals surface area contributed by atoms with E-state index in [1.165, 1.54) is 0 Å². The summed E-state index contributed by atoms with van der Waals surface area (Å²) >= 11 is 0. The third kappa shape index (κ3) is 1.69. The van der Waals surface area contributed by atoms with E-state index in [0.717, 1.165) is 23.1 Å². The van der Waals surface area contributed by atoms with Gasteiger partial charge in [-0.2, -0.15) is 5.10 Å². The fourth-order valence-electron chi connectivity index (χ4n) is 2.33. The zero-order valence-corrected chi connectivity index (χ0v) is 10.5. The van der Waals surface area contributed by atoms with Crippen molar-refractivity contribution in [3.8, 4) is 11.1 Å². The van der Waals surface area contributed by atoms with Crippen LogP contribution in [0, 0.1) is 0 Å². The maximum absolute atomic E-state index is 11.9. The van der Waals surface area contributed by atoms with Crippen LogP contribution in [0.1, 0.15) is 12.0 Å². The first-order valence-electron chi connectivity index (χ1n) is 5.73. The Balaban J connectivity index is 2.15. The van der Waals surface area contributed by atoms with E-state index in [9.17, 15) is 8.42 Å². The maximum Gasteiger partial charge on any atom is 0.178 e. The lowest BCUT2D eigenvalue weighted by Crippen LogP contribution is -2.15. The van der Waals surface area contributed by atoms with Crippen LogP contribution in [0.2, 0.25) is 0 Å². The van der Waals surface area contributed by atoms with E-state index >= 15 is 0 Å². The van der Waals surface area contributed by atoms with Crippen LogP contribution in [0.3, 0.4) is 0 Å². The Morgan fingerprint density at radius 1 is 1.33 bits per heavy atom. The van der Waals surface area contributed by atoms with Crippen molar-refractivity contribution >= 4 is 15.7 Å². The molecule has 3 rings (SSSR count). The summed E-state index contributed by atoms with van der Waals surface area (Å²) < 4.78 is 23.8. The summed E-state index contributed by atoms with van der Waals surface area (Å²) in [5, 5.41) is 6.54. The molecule has 0 saturated heterocycles. The molecule has 0 amide bonds. The molecule has 0 fully saturated rings. The van der Waals surface area contributed by atoms with Crippen molar-refractivity contribution in [2.45, 2.75) is 17.7 Å². The summed E-state index contributed by atoms with van der Waals surface area (Å²) in [5.41, 5.74) is 8.35. The van der Waals surface area contributed by atoms with Gasteiger partial charge < -0.3 is 5.73 Å². The Hall–Kier alpha value is -1.82. The SMILES string of the molecule is Nc1[nH]ncc1-c1ccc2c(c1)CCCS2(=O)=O. The molecule has 6 heteroatoms. The molecule has 18 heavy (non-hydrogen) atoms. The first-order valence-corrected chi connectivity index (χ1v) is 7.38. The van der Waals surface area contributed by atoms with Crippen molar-refractivity contribution in [1.29, 1.82) is 0 Å². The number of nitrogens with zero attached hydrogens (tertiary/aromatic N) is 1. The van der Waals surface area contributed by atoms with Crippen LogP contribution in [0.4, 0.5) is 5.82 Å². The second kappa shape index (κ2) is 3.84. The zero-order valence-electron chi connectivity index (χ0n) is 9.68. The van der Waals surface area contributed by atoms with E-state index in [1.807, 2.05) is 6.07 Å². The molecular formula is C12H13N3O2S. The van der Waals surface area contributed by atoms with Gasteiger partial charge in [0.1, 0.15) is 5.82 Å². The summed E-state index contributed by atoms with van der Waals surface area (Å²) in [5.74, 6) is 0.737. The van der Waals surface area contributed by atoms with Crippen LogP contribution in [-0.2, 0) is 16.3 Å². The van der Waals surface area contributed by atoms with Crippen LogP contribution in [-0.4, -0.2) is 24.4 Å². The number of hydrogen-bond acceptors (Lipinski definition) is 4. The van der Waals surface area contributed by atoms with E-state index in [0.29, 0.717) is 17.1 Å². The van der Waals surface area contributed by atoms with Gasteiger partial charge in [-0.05, 0) is 36.1 Å². The lowest BCUT2D eigenvalue weighted by atomic mass is 10.0. The first kappa shape index (κ1) is 11.3. The molecule has 94 valence electrons. The summed E-state index contributed by atoms with van der Waals surface area (Å²) in [7, 11) is -3.09. The molecule has 1 aliphatic rings. The van der Waals surface area contributed by atoms with E-state index < -0.39 is 9.84 Å². The van der Waals surface area contributed by atoms with E-state index in [-0.39, 0.29) is 5.75 Å². The van der Waals surface area contributed by atoms with Crippen LogP contribution >= 0.6 is 0 Å². The Bertz CT molecular complexity index is 704. The van der Waals surface area contributed by atoms with Crippen molar-refractivity contribution in [2.75, 3.05) is 11.5 Å². The number of aromatic amines is 1. The fraction of sp³-hybridized carbons (Fsp3) is 0.250. The maximum atomic E-state index is 11.9. The largest absolute Gasteiger partial charge is 0.384 e. The number of H-pyrrole nitrogens is 1. The summed E-state index contributed by atoms with van der Waals surface area (Å²) in [6.45, 7) is 0. The number of sulfone groups is 1. The number of nitrogen functional groups attached to an aromatic ring is 1. The van der Waals surface area contributed by atoms with Gasteiger partial charge >= 0.3 is 0 Å². The van der Waals surface area contributed by atoms with Gasteiger partial charge in [-0.1, -0.05) is 6.07 Å². The highest BCUT2D eigenvalue weighted by Gasteiger charge is 2.23. The topological polar surface area (TPSA) is 88.8 Å². The van der Waals surface area contributed by atoms with Gasteiger partial charge in [0, 0.05) is 5.56 Å². The molecule has 0 saturated carbocycles. The molecule has 0 spiro atoms. The standard InChI is InChI=1S/C12H13N3O2S/c13-12-10(7-14-15-12)8-3-4-11-9(6-8)2-1-5-18(11,16)17/h3-4,6-7H,1-2,5H2,(H3,13,14,15). The molecule has 5 nitrogen and oxygen atoms in total. The Morgan fingerprint density at radius 3 is 2.89 bits per heavy atom. The summed E-state index contributed by atoms with van der Waals surface area (Å²) in [6.07, 6.45) is 3.12. The van der Waals surface area contributed by atoms with Crippen LogP contribution in [0.15, 0.2) is 29.3 Å². The minimum Gasteiger partial charge on any atom is -0.384 e. The third-order valence-electron chi connectivity index (χ3n) is 3.23. The normalized spacial score (nSPS) is 17.3. The molecule has 2 heterocycles. The molecule has 1 aromatic heterocycles. The van der Waals surface area contributed by atoms with E-state index in [4.69, 9.17) is 5.73 Å². The monoisotopic (exact) mass is 263 g/mol. The van der Waals surface area contributed by atoms with Crippen molar-refractivity contribution < 1.29 is 8.42 Å². The van der Waals surface area contributed by atoms with Gasteiger partial charge in [0.25, 0.3) is 0 Å². The predicted octanol–water partition coefficient (Wildman–Crippen LogP) is 1.38. The van der Waals surface area contributed by atoms with Crippen LogP contribution in [0.5, 0.6) is 0 Å². The van der Waals surface area contributed by atoms with Gasteiger partial charge in [0.05, 0.1) is 16.8 Å². The number of fused-ring (bicyclic) bond motifs is 1. The van der Waals surface area contributed by atoms with Gasteiger partial charge in [-0.25, -0.2) is 8.42 Å². The highest BCUT2D eigenvalue weighted by Crippen LogP contribution is 2.31. The number of anilines is 1. The van der Waals surface area contributed by atoms with Crippen molar-refractivity contribution in [2.24, 2.45) is 0 Å². The van der Waals surface area contributed by atoms with Gasteiger partial charge in [0.2, 0.25) is 0 Å². The number of aromatic nitrogens is 2. The molecular weight excluding hydrogens is 250 g/mol. The number of nitrogens with two attached hydrogens (primary N) is 1. The number of benzene rings is 1. The van der Waals surface area contributed by atoms with E-state index in [2.05, 4.69) is 10.2 Å². The third-order valence-corrected chi connectivity index (χ3v) is 5.13. The minimum atomic E-state index is -3.09. The van der Waals surface area contributed by atoms with Crippen LogP contribution < -0.4 is 5.73 Å². The summed E-state index contributed by atoms with van der Waals surface area (Å²) in [4.78, 5) is 0.458. The molecule has 0 unspecified atom stereocenters. The average Bonchev–Trinajstić information content (AvgIpc) is 2.74. The van der Waals surface area contributed by atoms with Crippen LogP contribution in [0.25, 0.3) is 11.1 Å². The lowest BCUT2D eigenvalue weighted by Gasteiger charge is -2.16. The second-order valence-electron chi connectivity index (χ2n) is 4.44. The Morgan fingerprint density at radius 2 is 2.17 bits per heavy atom. The molecule has 1 aliphatic heterocycles. The lowest BCUT2D eigenvalue weighted by molar-refractivity contribution is 0.586. The molecule has 0 bridgehead atoms. The zero-order chi connectivity index (χ0) is 12.8. The summed E-state index contributed by atoms with van der Waals surface area (Å²) in [6, 6.07) is 5.35. The highest BCUT2D eigenvalue weighted by atomic mass is 32.2. The molecule has 2 aromatic rings. The molecule has 0 atom stereocenters. The smallest absolute Gasteiger partial charge is 0.178 e. The molecule has 0 aliphatic carbocycles. The molecule has 3 N–H and O–H groups in total. The number of rotatable bonds is 1. The highest BCUT2D eigenvalue weighted by molar-refractivity contribution is 7.91. The molecule has 1 aromatic carbocycles. The number of aryl methyl sites for hydroxylation is 1. The Labute approximate surface area is 105 Å².